The Balaban J connectivity index is 1.95. The third-order valence-electron chi connectivity index (χ3n) is 4.00. The monoisotopic (exact) mass is 370 g/mol. The van der Waals surface area contributed by atoms with Crippen LogP contribution in [0.4, 0.5) is 0 Å². The van der Waals surface area contributed by atoms with Crippen LogP contribution in [0.15, 0.2) is 45.8 Å². The van der Waals surface area contributed by atoms with Gasteiger partial charge in [-0.25, -0.2) is 14.3 Å². The van der Waals surface area contributed by atoms with Crippen molar-refractivity contribution >= 4 is 22.7 Å². The minimum absolute atomic E-state index is 0.0186. The topological polar surface area (TPSA) is 101 Å². The van der Waals surface area contributed by atoms with Crippen molar-refractivity contribution < 1.29 is 23.5 Å². The van der Waals surface area contributed by atoms with E-state index in [1.807, 2.05) is 0 Å². The molecule has 3 rings (SSSR count). The average Bonchev–Trinajstić information content (AvgIpc) is 3.14. The molecule has 0 aliphatic carbocycles. The van der Waals surface area contributed by atoms with Crippen molar-refractivity contribution in [2.24, 2.45) is 0 Å². The first-order chi connectivity index (χ1) is 12.9. The lowest BCUT2D eigenvalue weighted by molar-refractivity contribution is 0.0425. The largest absolute Gasteiger partial charge is 0.465 e. The number of rotatable bonds is 5. The Morgan fingerprint density at radius 3 is 2.52 bits per heavy atom. The molecule has 0 radical (unpaired) electrons. The van der Waals surface area contributed by atoms with E-state index in [-0.39, 0.29) is 35.2 Å². The summed E-state index contributed by atoms with van der Waals surface area (Å²) in [5.41, 5.74) is -0.0866. The zero-order valence-corrected chi connectivity index (χ0v) is 15.1. The summed E-state index contributed by atoms with van der Waals surface area (Å²) < 4.78 is 16.4. The molecule has 27 heavy (non-hydrogen) atoms. The summed E-state index contributed by atoms with van der Waals surface area (Å²) in [7, 11) is 1.25. The van der Waals surface area contributed by atoms with E-state index in [9.17, 15) is 14.4 Å². The highest BCUT2D eigenvalue weighted by Crippen LogP contribution is 2.18. The third kappa shape index (κ3) is 3.46. The highest BCUT2D eigenvalue weighted by molar-refractivity contribution is 6.02. The lowest BCUT2D eigenvalue weighted by Crippen LogP contribution is -2.27. The first kappa shape index (κ1) is 18.4. The maximum Gasteiger partial charge on any atom is 0.359 e. The van der Waals surface area contributed by atoms with E-state index in [4.69, 9.17) is 9.15 Å². The van der Waals surface area contributed by atoms with Crippen molar-refractivity contribution in [3.8, 4) is 0 Å². The highest BCUT2D eigenvalue weighted by atomic mass is 16.5. The Bertz CT molecular complexity index is 1060. The number of esters is 2. The summed E-state index contributed by atoms with van der Waals surface area (Å²) in [4.78, 5) is 36.8. The van der Waals surface area contributed by atoms with Crippen molar-refractivity contribution in [1.82, 2.24) is 9.78 Å². The molecule has 0 unspecified atom stereocenters. The minimum atomic E-state index is -0.729. The second-order valence-corrected chi connectivity index (χ2v) is 6.06. The lowest BCUT2D eigenvalue weighted by Gasteiger charge is -2.13. The minimum Gasteiger partial charge on any atom is -0.465 e. The molecule has 2 aromatic heterocycles. The number of aromatic nitrogens is 2. The molecule has 0 atom stereocenters. The van der Waals surface area contributed by atoms with Crippen LogP contribution in [-0.2, 0) is 16.1 Å². The van der Waals surface area contributed by atoms with Gasteiger partial charge in [0.1, 0.15) is 5.56 Å². The van der Waals surface area contributed by atoms with Gasteiger partial charge < -0.3 is 13.9 Å². The Hall–Kier alpha value is -3.42. The van der Waals surface area contributed by atoms with E-state index >= 15 is 0 Å². The molecule has 3 aromatic rings. The summed E-state index contributed by atoms with van der Waals surface area (Å²) in [6.07, 6.45) is 1.31. The molecule has 0 N–H and O–H groups in total. The molecule has 0 aliphatic rings. The van der Waals surface area contributed by atoms with Crippen LogP contribution in [-0.4, -0.2) is 28.8 Å². The van der Waals surface area contributed by atoms with Gasteiger partial charge in [-0.05, 0) is 26.0 Å². The van der Waals surface area contributed by atoms with Crippen LogP contribution in [0.3, 0.4) is 0 Å². The van der Waals surface area contributed by atoms with Crippen LogP contribution in [0.1, 0.15) is 46.5 Å². The molecule has 0 saturated carbocycles. The lowest BCUT2D eigenvalue weighted by atomic mass is 10.1. The second-order valence-electron chi connectivity index (χ2n) is 6.06. The van der Waals surface area contributed by atoms with Gasteiger partial charge in [0, 0.05) is 5.39 Å². The third-order valence-corrected chi connectivity index (χ3v) is 4.00. The molecule has 0 fully saturated rings. The van der Waals surface area contributed by atoms with Crippen LogP contribution in [0, 0.1) is 0 Å². The highest BCUT2D eigenvalue weighted by Gasteiger charge is 2.21. The van der Waals surface area contributed by atoms with Crippen molar-refractivity contribution in [1.29, 1.82) is 0 Å². The normalized spacial score (nSPS) is 11.0. The number of hydrogen-bond acceptors (Lipinski definition) is 7. The molecule has 0 amide bonds. The van der Waals surface area contributed by atoms with Crippen LogP contribution in [0.25, 0.3) is 10.8 Å². The fourth-order valence-electron chi connectivity index (χ4n) is 2.65. The average molecular weight is 370 g/mol. The van der Waals surface area contributed by atoms with Crippen LogP contribution in [0.2, 0.25) is 0 Å². The predicted octanol–water partition coefficient (Wildman–Crippen LogP) is 2.71. The van der Waals surface area contributed by atoms with Gasteiger partial charge in [-0.2, -0.15) is 5.10 Å². The van der Waals surface area contributed by atoms with E-state index in [0.717, 1.165) is 0 Å². The fraction of sp³-hybridized carbons (Fsp3) is 0.263. The Morgan fingerprint density at radius 2 is 1.85 bits per heavy atom. The van der Waals surface area contributed by atoms with E-state index in [2.05, 4.69) is 9.84 Å². The van der Waals surface area contributed by atoms with E-state index in [1.54, 1.807) is 38.1 Å². The van der Waals surface area contributed by atoms with Crippen LogP contribution in [0.5, 0.6) is 0 Å². The van der Waals surface area contributed by atoms with Crippen molar-refractivity contribution in [2.75, 3.05) is 7.11 Å². The van der Waals surface area contributed by atoms with Gasteiger partial charge in [0.25, 0.3) is 5.56 Å². The van der Waals surface area contributed by atoms with Crippen molar-refractivity contribution in [3.05, 3.63) is 64.0 Å². The van der Waals surface area contributed by atoms with Gasteiger partial charge in [0.2, 0.25) is 0 Å². The Morgan fingerprint density at radius 1 is 1.15 bits per heavy atom. The fourth-order valence-corrected chi connectivity index (χ4v) is 2.65. The quantitative estimate of drug-likeness (QED) is 0.637. The Kier molecular flexibility index (Phi) is 5.07. The summed E-state index contributed by atoms with van der Waals surface area (Å²) in [6, 6.07) is 7.90. The number of methoxy groups -OCH3 is 1. The molecular formula is C19H18N2O6. The molecule has 0 bridgehead atoms. The van der Waals surface area contributed by atoms with E-state index in [0.29, 0.717) is 10.8 Å². The van der Waals surface area contributed by atoms with Gasteiger partial charge in [0.15, 0.2) is 18.1 Å². The second kappa shape index (κ2) is 7.45. The summed E-state index contributed by atoms with van der Waals surface area (Å²) in [5.74, 6) is -1.16. The first-order valence-corrected chi connectivity index (χ1v) is 8.27. The predicted molar refractivity (Wildman–Crippen MR) is 95.6 cm³/mol. The molecule has 8 heteroatoms. The van der Waals surface area contributed by atoms with E-state index < -0.39 is 11.9 Å². The number of furan rings is 1. The molecule has 2 heterocycles. The van der Waals surface area contributed by atoms with Gasteiger partial charge in [-0.15, -0.1) is 0 Å². The smallest absolute Gasteiger partial charge is 0.359 e. The summed E-state index contributed by atoms with van der Waals surface area (Å²) in [6.45, 7) is 3.32. The van der Waals surface area contributed by atoms with Crippen LogP contribution >= 0.6 is 0 Å². The number of nitrogens with zero attached hydrogens (tertiary/aromatic N) is 2. The van der Waals surface area contributed by atoms with Gasteiger partial charge in [0.05, 0.1) is 24.8 Å². The number of carbonyl (C=O) groups is 2. The number of hydrogen-bond donors (Lipinski definition) is 0. The number of ether oxygens (including phenoxy) is 2. The van der Waals surface area contributed by atoms with Gasteiger partial charge >= 0.3 is 11.9 Å². The molecule has 0 saturated heterocycles. The maximum absolute atomic E-state index is 12.6. The molecule has 140 valence electrons. The number of fused-ring (bicyclic) bond motifs is 1. The van der Waals surface area contributed by atoms with Gasteiger partial charge in [-0.1, -0.05) is 18.2 Å². The molecular weight excluding hydrogens is 352 g/mol. The van der Waals surface area contributed by atoms with Crippen LogP contribution < -0.4 is 5.56 Å². The summed E-state index contributed by atoms with van der Waals surface area (Å²) >= 11 is 0. The number of carbonyl (C=O) groups excluding carboxylic acids is 2. The standard InChI is InChI=1S/C19H18N2O6/c1-11(2)21-17(22)13-7-5-4-6-12(13)16(20-21)19(24)27-10-15-14(8-9-26-15)18(23)25-3/h4-9,11H,10H2,1-3H3. The zero-order chi connectivity index (χ0) is 19.6. The van der Waals surface area contributed by atoms with Gasteiger partial charge in [-0.3, -0.25) is 4.79 Å². The SMILES string of the molecule is COC(=O)c1ccoc1COC(=O)c1nn(C(C)C)c(=O)c2ccccc12. The molecule has 0 spiro atoms. The molecule has 0 aliphatic heterocycles. The zero-order valence-electron chi connectivity index (χ0n) is 15.1. The Labute approximate surface area is 154 Å². The van der Waals surface area contributed by atoms with E-state index in [1.165, 1.54) is 24.1 Å². The summed E-state index contributed by atoms with van der Waals surface area (Å²) in [5, 5.41) is 4.96. The number of benzene rings is 1. The maximum atomic E-state index is 12.6. The first-order valence-electron chi connectivity index (χ1n) is 8.27. The molecule has 8 nitrogen and oxygen atoms in total. The molecule has 1 aromatic carbocycles. The van der Waals surface area contributed by atoms with Crippen molar-refractivity contribution in [3.63, 3.8) is 0 Å². The van der Waals surface area contributed by atoms with Crippen molar-refractivity contribution in [2.45, 2.75) is 26.5 Å².